The number of carbonyl (C=O) groups excluding carboxylic acids is 2. The highest BCUT2D eigenvalue weighted by molar-refractivity contribution is 5.79. The van der Waals surface area contributed by atoms with Crippen LogP contribution >= 0.6 is 0 Å². The summed E-state index contributed by atoms with van der Waals surface area (Å²) >= 11 is 0. The van der Waals surface area contributed by atoms with Crippen molar-refractivity contribution in [3.63, 3.8) is 0 Å². The Kier molecular flexibility index (Phi) is 5.75. The molecule has 20 heavy (non-hydrogen) atoms. The van der Waals surface area contributed by atoms with Gasteiger partial charge >= 0.3 is 12.0 Å². The molecule has 0 saturated heterocycles. The summed E-state index contributed by atoms with van der Waals surface area (Å²) in [5.74, 6) is -1.43. The number of aliphatic carboxylic acids is 1. The zero-order chi connectivity index (χ0) is 15.2. The Morgan fingerprint density at radius 3 is 2.45 bits per heavy atom. The van der Waals surface area contributed by atoms with Crippen LogP contribution in [0.1, 0.15) is 32.6 Å². The monoisotopic (exact) mass is 287 g/mol. The lowest BCUT2D eigenvalue weighted by Crippen LogP contribution is -2.49. The third-order valence-electron chi connectivity index (χ3n) is 2.86. The summed E-state index contributed by atoms with van der Waals surface area (Å²) in [5.41, 5.74) is -2.00. The summed E-state index contributed by atoms with van der Waals surface area (Å²) < 4.78 is 0. The molecule has 3 amide bonds. The molecule has 1 saturated carbocycles. The Hall–Kier alpha value is -1.83. The largest absolute Gasteiger partial charge is 0.479 e. The number of aliphatic hydroxyl groups is 1. The van der Waals surface area contributed by atoms with Crippen LogP contribution in [-0.4, -0.2) is 52.9 Å². The van der Waals surface area contributed by atoms with Gasteiger partial charge in [-0.2, -0.15) is 0 Å². The van der Waals surface area contributed by atoms with Gasteiger partial charge in [-0.15, -0.1) is 0 Å². The maximum atomic E-state index is 11.3. The Morgan fingerprint density at radius 2 is 1.90 bits per heavy atom. The topological polar surface area (TPSA) is 128 Å². The average molecular weight is 287 g/mol. The molecule has 1 rings (SSSR count). The molecular weight excluding hydrogens is 266 g/mol. The van der Waals surface area contributed by atoms with E-state index in [-0.39, 0.29) is 5.91 Å². The third kappa shape index (κ3) is 6.37. The number of urea groups is 1. The van der Waals surface area contributed by atoms with Gasteiger partial charge in [-0.1, -0.05) is 0 Å². The van der Waals surface area contributed by atoms with Crippen molar-refractivity contribution in [1.29, 1.82) is 0 Å². The van der Waals surface area contributed by atoms with E-state index in [0.717, 1.165) is 19.8 Å². The highest BCUT2D eigenvalue weighted by Crippen LogP contribution is 2.18. The number of amides is 3. The summed E-state index contributed by atoms with van der Waals surface area (Å²) in [6.07, 6.45) is 2.91. The van der Waals surface area contributed by atoms with Gasteiger partial charge in [-0.25, -0.2) is 9.59 Å². The quantitative estimate of drug-likeness (QED) is 0.373. The number of carboxylic acid groups (broad SMARTS) is 1. The lowest BCUT2D eigenvalue weighted by atomic mass is 10.1. The van der Waals surface area contributed by atoms with Crippen LogP contribution in [0, 0.1) is 0 Å². The number of carbonyl (C=O) groups is 3. The second-order valence-electron chi connectivity index (χ2n) is 5.13. The van der Waals surface area contributed by atoms with Gasteiger partial charge in [0.15, 0.2) is 5.60 Å². The molecule has 1 aliphatic rings. The predicted molar refractivity (Wildman–Crippen MR) is 70.1 cm³/mol. The molecule has 1 unspecified atom stereocenters. The molecule has 0 aromatic rings. The van der Waals surface area contributed by atoms with E-state index in [1.807, 2.05) is 0 Å². The fourth-order valence-corrected chi connectivity index (χ4v) is 1.37. The fraction of sp³-hybridized carbons (Fsp3) is 0.750. The molecule has 0 aromatic heterocycles. The molecule has 0 heterocycles. The molecule has 1 fully saturated rings. The van der Waals surface area contributed by atoms with Gasteiger partial charge in [0, 0.05) is 19.0 Å². The predicted octanol–water partition coefficient (Wildman–Crippen LogP) is -0.820. The average Bonchev–Trinajstić information content (AvgIpc) is 3.16. The SMILES string of the molecule is CC(O)(CNC(=O)NCCCC(=O)NC1CC1)C(=O)O. The molecule has 1 atom stereocenters. The van der Waals surface area contributed by atoms with Crippen molar-refractivity contribution in [2.24, 2.45) is 0 Å². The molecule has 0 radical (unpaired) electrons. The van der Waals surface area contributed by atoms with E-state index in [2.05, 4.69) is 16.0 Å². The highest BCUT2D eigenvalue weighted by Gasteiger charge is 2.30. The van der Waals surface area contributed by atoms with Gasteiger partial charge in [0.05, 0.1) is 6.54 Å². The lowest BCUT2D eigenvalue weighted by Gasteiger charge is -2.18. The summed E-state index contributed by atoms with van der Waals surface area (Å²) in [6, 6.07) is -0.244. The van der Waals surface area contributed by atoms with Crippen LogP contribution in [0.5, 0.6) is 0 Å². The smallest absolute Gasteiger partial charge is 0.337 e. The molecule has 8 heteroatoms. The van der Waals surface area contributed by atoms with Crippen LogP contribution < -0.4 is 16.0 Å². The van der Waals surface area contributed by atoms with Crippen LogP contribution in [0.15, 0.2) is 0 Å². The minimum atomic E-state index is -2.00. The van der Waals surface area contributed by atoms with Crippen molar-refractivity contribution in [1.82, 2.24) is 16.0 Å². The Labute approximate surface area is 116 Å². The van der Waals surface area contributed by atoms with Gasteiger partial charge in [0.1, 0.15) is 0 Å². The molecule has 0 bridgehead atoms. The van der Waals surface area contributed by atoms with Crippen LogP contribution in [0.2, 0.25) is 0 Å². The van der Waals surface area contributed by atoms with Crippen molar-refractivity contribution in [3.05, 3.63) is 0 Å². The summed E-state index contributed by atoms with van der Waals surface area (Å²) in [7, 11) is 0. The fourth-order valence-electron chi connectivity index (χ4n) is 1.37. The minimum absolute atomic E-state index is 0.0245. The van der Waals surface area contributed by atoms with Gasteiger partial charge in [-0.05, 0) is 26.2 Å². The number of hydrogen-bond acceptors (Lipinski definition) is 4. The first-order valence-electron chi connectivity index (χ1n) is 6.58. The van der Waals surface area contributed by atoms with Crippen LogP contribution in [-0.2, 0) is 9.59 Å². The molecule has 5 N–H and O–H groups in total. The van der Waals surface area contributed by atoms with E-state index in [1.165, 1.54) is 0 Å². The van der Waals surface area contributed by atoms with E-state index in [4.69, 9.17) is 5.11 Å². The van der Waals surface area contributed by atoms with E-state index in [0.29, 0.717) is 25.4 Å². The highest BCUT2D eigenvalue weighted by atomic mass is 16.4. The molecule has 1 aliphatic carbocycles. The van der Waals surface area contributed by atoms with Gasteiger partial charge in [-0.3, -0.25) is 4.79 Å². The number of hydrogen-bond donors (Lipinski definition) is 5. The van der Waals surface area contributed by atoms with Crippen LogP contribution in [0.25, 0.3) is 0 Å². The Morgan fingerprint density at radius 1 is 1.25 bits per heavy atom. The van der Waals surface area contributed by atoms with Crippen molar-refractivity contribution in [2.75, 3.05) is 13.1 Å². The van der Waals surface area contributed by atoms with E-state index in [1.54, 1.807) is 0 Å². The Bertz CT molecular complexity index is 379. The second kappa shape index (κ2) is 7.09. The molecule has 8 nitrogen and oxygen atoms in total. The van der Waals surface area contributed by atoms with Crippen LogP contribution in [0.3, 0.4) is 0 Å². The third-order valence-corrected chi connectivity index (χ3v) is 2.86. The number of rotatable bonds is 8. The van der Waals surface area contributed by atoms with Crippen molar-refractivity contribution in [2.45, 2.75) is 44.2 Å². The second-order valence-corrected chi connectivity index (χ2v) is 5.13. The normalized spacial score (nSPS) is 16.9. The maximum Gasteiger partial charge on any atom is 0.337 e. The standard InChI is InChI=1S/C12H21N3O5/c1-12(20,10(17)18)7-14-11(19)13-6-2-3-9(16)15-8-4-5-8/h8,20H,2-7H2,1H3,(H,15,16)(H,17,18)(H2,13,14,19). The van der Waals surface area contributed by atoms with Gasteiger partial charge < -0.3 is 26.2 Å². The molecule has 0 spiro atoms. The zero-order valence-corrected chi connectivity index (χ0v) is 11.4. The molecule has 0 aliphatic heterocycles. The lowest BCUT2D eigenvalue weighted by molar-refractivity contribution is -0.155. The zero-order valence-electron chi connectivity index (χ0n) is 11.4. The Balaban J connectivity index is 2.04. The number of nitrogens with one attached hydrogen (secondary N) is 3. The maximum absolute atomic E-state index is 11.3. The summed E-state index contributed by atoms with van der Waals surface area (Å²) in [6.45, 7) is 1.01. The summed E-state index contributed by atoms with van der Waals surface area (Å²) in [5, 5.41) is 25.6. The van der Waals surface area contributed by atoms with Crippen molar-refractivity contribution in [3.8, 4) is 0 Å². The minimum Gasteiger partial charge on any atom is -0.479 e. The van der Waals surface area contributed by atoms with Crippen molar-refractivity contribution >= 4 is 17.9 Å². The summed E-state index contributed by atoms with van der Waals surface area (Å²) in [4.78, 5) is 33.2. The van der Waals surface area contributed by atoms with E-state index in [9.17, 15) is 19.5 Å². The molecule has 114 valence electrons. The first-order valence-corrected chi connectivity index (χ1v) is 6.58. The number of carboxylic acids is 1. The first-order chi connectivity index (χ1) is 9.31. The van der Waals surface area contributed by atoms with Gasteiger partial charge in [0.2, 0.25) is 5.91 Å². The molecular formula is C12H21N3O5. The molecule has 0 aromatic carbocycles. The van der Waals surface area contributed by atoms with Crippen molar-refractivity contribution < 1.29 is 24.6 Å². The first kappa shape index (κ1) is 16.2. The van der Waals surface area contributed by atoms with E-state index < -0.39 is 24.1 Å². The van der Waals surface area contributed by atoms with Gasteiger partial charge in [0.25, 0.3) is 0 Å². The van der Waals surface area contributed by atoms with E-state index >= 15 is 0 Å². The van der Waals surface area contributed by atoms with Crippen LogP contribution in [0.4, 0.5) is 4.79 Å².